The average Bonchev–Trinajstić information content (AvgIpc) is 2.80. The van der Waals surface area contributed by atoms with Gasteiger partial charge in [0.25, 0.3) is 0 Å². The van der Waals surface area contributed by atoms with Crippen LogP contribution in [-0.4, -0.2) is 61.1 Å². The van der Waals surface area contributed by atoms with Crippen molar-refractivity contribution in [3.63, 3.8) is 0 Å². The molecule has 0 saturated carbocycles. The number of nitrogens with two attached hydrogens (primary N) is 1. The Morgan fingerprint density at radius 2 is 1.94 bits per heavy atom. The Morgan fingerprint density at radius 3 is 2.71 bits per heavy atom. The number of amides is 1. The number of fused-ring (bicyclic) bond motifs is 1. The van der Waals surface area contributed by atoms with Gasteiger partial charge in [0.2, 0.25) is 5.91 Å². The maximum atomic E-state index is 12.5. The number of guanidine groups is 1. The standard InChI is InChI=1S/C22H28N6O2.HI/c23-22(26-18-9-16-30-19-6-2-1-5-17(18)19)25-11-8-21(29)28-14-12-27(13-15-28)20-7-3-4-10-24-20;/h1-7,10,18H,8-9,11-16H2,(H3,23,25,26);1H. The minimum Gasteiger partial charge on any atom is -0.493 e. The summed E-state index contributed by atoms with van der Waals surface area (Å²) in [6.07, 6.45) is 2.98. The summed E-state index contributed by atoms with van der Waals surface area (Å²) in [6.45, 7) is 4.00. The Hall–Kier alpha value is -2.56. The Labute approximate surface area is 199 Å². The molecule has 0 bridgehead atoms. The molecule has 31 heavy (non-hydrogen) atoms. The van der Waals surface area contributed by atoms with Crippen molar-refractivity contribution in [2.75, 3.05) is 44.2 Å². The van der Waals surface area contributed by atoms with Gasteiger partial charge in [-0.3, -0.25) is 9.79 Å². The molecule has 2 aromatic rings. The Balaban J connectivity index is 0.00000272. The van der Waals surface area contributed by atoms with E-state index in [1.807, 2.05) is 47.4 Å². The van der Waals surface area contributed by atoms with Crippen LogP contribution >= 0.6 is 24.0 Å². The predicted molar refractivity (Wildman–Crippen MR) is 132 cm³/mol. The van der Waals surface area contributed by atoms with Gasteiger partial charge >= 0.3 is 0 Å². The highest BCUT2D eigenvalue weighted by Crippen LogP contribution is 2.31. The Morgan fingerprint density at radius 1 is 1.16 bits per heavy atom. The lowest BCUT2D eigenvalue weighted by molar-refractivity contribution is -0.131. The van der Waals surface area contributed by atoms with E-state index in [1.54, 1.807) is 6.20 Å². The molecule has 9 heteroatoms. The van der Waals surface area contributed by atoms with Crippen molar-refractivity contribution in [3.8, 4) is 5.75 Å². The lowest BCUT2D eigenvalue weighted by Crippen LogP contribution is -2.49. The normalized spacial score (nSPS) is 18.5. The molecule has 0 aliphatic carbocycles. The highest BCUT2D eigenvalue weighted by molar-refractivity contribution is 14.0. The van der Waals surface area contributed by atoms with Gasteiger partial charge in [-0.05, 0) is 18.2 Å². The van der Waals surface area contributed by atoms with E-state index < -0.39 is 0 Å². The molecule has 1 aromatic carbocycles. The van der Waals surface area contributed by atoms with E-state index in [-0.39, 0.29) is 35.9 Å². The summed E-state index contributed by atoms with van der Waals surface area (Å²) in [5.74, 6) is 2.32. The molecule has 0 spiro atoms. The van der Waals surface area contributed by atoms with Crippen molar-refractivity contribution in [1.29, 1.82) is 0 Å². The first-order valence-electron chi connectivity index (χ1n) is 10.4. The van der Waals surface area contributed by atoms with Crippen molar-refractivity contribution in [3.05, 3.63) is 54.2 Å². The summed E-state index contributed by atoms with van der Waals surface area (Å²) in [4.78, 5) is 25.4. The van der Waals surface area contributed by atoms with Crippen molar-refractivity contribution in [1.82, 2.24) is 15.2 Å². The number of aliphatic imine (C=N–C) groups is 1. The topological polar surface area (TPSA) is 96.1 Å². The fraction of sp³-hybridized carbons (Fsp3) is 0.409. The maximum Gasteiger partial charge on any atom is 0.224 e. The van der Waals surface area contributed by atoms with Gasteiger partial charge < -0.3 is 25.6 Å². The molecule has 2 aliphatic heterocycles. The van der Waals surface area contributed by atoms with E-state index in [9.17, 15) is 4.79 Å². The number of aromatic nitrogens is 1. The molecule has 1 aromatic heterocycles. The van der Waals surface area contributed by atoms with Crippen LogP contribution in [0.1, 0.15) is 24.4 Å². The monoisotopic (exact) mass is 536 g/mol. The number of ether oxygens (including phenoxy) is 1. The van der Waals surface area contributed by atoms with Gasteiger partial charge in [0.05, 0.1) is 19.2 Å². The van der Waals surface area contributed by atoms with Crippen LogP contribution < -0.4 is 20.7 Å². The smallest absolute Gasteiger partial charge is 0.224 e. The number of anilines is 1. The van der Waals surface area contributed by atoms with E-state index in [0.29, 0.717) is 38.6 Å². The molecule has 8 nitrogen and oxygen atoms in total. The number of halogens is 1. The van der Waals surface area contributed by atoms with Crippen molar-refractivity contribution < 1.29 is 9.53 Å². The summed E-state index contributed by atoms with van der Waals surface area (Å²) in [5.41, 5.74) is 7.16. The fourth-order valence-corrected chi connectivity index (χ4v) is 3.87. The molecule has 0 radical (unpaired) electrons. The largest absolute Gasteiger partial charge is 0.493 e. The number of carbonyl (C=O) groups excluding carboxylic acids is 1. The number of piperazine rings is 1. The van der Waals surface area contributed by atoms with Crippen molar-refractivity contribution in [2.45, 2.75) is 18.9 Å². The molecular weight excluding hydrogens is 507 g/mol. The minimum atomic E-state index is 0. The highest BCUT2D eigenvalue weighted by Gasteiger charge is 2.22. The summed E-state index contributed by atoms with van der Waals surface area (Å²) >= 11 is 0. The van der Waals surface area contributed by atoms with Gasteiger partial charge in [-0.2, -0.15) is 0 Å². The summed E-state index contributed by atoms with van der Waals surface area (Å²) < 4.78 is 5.67. The SMILES string of the molecule is I.NC(=NCCC(=O)N1CCN(c2ccccn2)CC1)NC1CCOc2ccccc21. The van der Waals surface area contributed by atoms with Crippen LogP contribution in [0.4, 0.5) is 5.82 Å². The molecular formula is C22H29IN6O2. The number of nitrogens with one attached hydrogen (secondary N) is 1. The zero-order valence-corrected chi connectivity index (χ0v) is 19.8. The lowest BCUT2D eigenvalue weighted by Gasteiger charge is -2.35. The van der Waals surface area contributed by atoms with Crippen LogP contribution in [-0.2, 0) is 4.79 Å². The first-order valence-corrected chi connectivity index (χ1v) is 10.4. The minimum absolute atomic E-state index is 0. The molecule has 3 N–H and O–H groups in total. The maximum absolute atomic E-state index is 12.5. The number of para-hydroxylation sites is 1. The van der Waals surface area contributed by atoms with Crippen molar-refractivity contribution in [2.24, 2.45) is 10.7 Å². The second kappa shape index (κ2) is 11.2. The number of benzene rings is 1. The second-order valence-electron chi connectivity index (χ2n) is 7.44. The van der Waals surface area contributed by atoms with E-state index in [0.717, 1.165) is 36.6 Å². The zero-order chi connectivity index (χ0) is 20.8. The third-order valence-corrected chi connectivity index (χ3v) is 5.49. The molecule has 3 heterocycles. The Kier molecular flexibility index (Phi) is 8.33. The lowest BCUT2D eigenvalue weighted by atomic mass is 10.0. The molecule has 166 valence electrons. The van der Waals surface area contributed by atoms with Gasteiger partial charge in [0, 0.05) is 50.8 Å². The number of rotatable bonds is 5. The van der Waals surface area contributed by atoms with Gasteiger partial charge in [-0.25, -0.2) is 4.98 Å². The predicted octanol–water partition coefficient (Wildman–Crippen LogP) is 2.17. The fourth-order valence-electron chi connectivity index (χ4n) is 3.87. The molecule has 1 atom stereocenters. The van der Waals surface area contributed by atoms with Crippen molar-refractivity contribution >= 4 is 41.7 Å². The van der Waals surface area contributed by atoms with Crippen LogP contribution in [0.5, 0.6) is 5.75 Å². The van der Waals surface area contributed by atoms with Gasteiger partial charge in [0.1, 0.15) is 11.6 Å². The molecule has 4 rings (SSSR count). The van der Waals surface area contributed by atoms with Gasteiger partial charge in [0.15, 0.2) is 5.96 Å². The quantitative estimate of drug-likeness (QED) is 0.346. The highest BCUT2D eigenvalue weighted by atomic mass is 127. The van der Waals surface area contributed by atoms with Gasteiger partial charge in [-0.1, -0.05) is 24.3 Å². The van der Waals surface area contributed by atoms with Crippen LogP contribution in [0.2, 0.25) is 0 Å². The third-order valence-electron chi connectivity index (χ3n) is 5.49. The molecule has 2 aliphatic rings. The number of pyridine rings is 1. The van der Waals surface area contributed by atoms with E-state index in [4.69, 9.17) is 10.5 Å². The first-order chi connectivity index (χ1) is 14.7. The van der Waals surface area contributed by atoms with Gasteiger partial charge in [-0.15, -0.1) is 24.0 Å². The molecule has 1 saturated heterocycles. The summed E-state index contributed by atoms with van der Waals surface area (Å²) in [7, 11) is 0. The molecule has 1 amide bonds. The van der Waals surface area contributed by atoms with E-state index in [2.05, 4.69) is 20.2 Å². The summed E-state index contributed by atoms with van der Waals surface area (Å²) in [5, 5.41) is 3.26. The Bertz CT molecular complexity index is 887. The number of carbonyl (C=O) groups is 1. The number of nitrogens with zero attached hydrogens (tertiary/aromatic N) is 4. The summed E-state index contributed by atoms with van der Waals surface area (Å²) in [6, 6.07) is 13.9. The number of hydrogen-bond acceptors (Lipinski definition) is 5. The molecule has 1 fully saturated rings. The first kappa shape index (κ1) is 23.1. The average molecular weight is 536 g/mol. The molecule has 1 unspecified atom stereocenters. The number of hydrogen-bond donors (Lipinski definition) is 2. The third kappa shape index (κ3) is 5.99. The van der Waals surface area contributed by atoms with Crippen LogP contribution in [0.15, 0.2) is 53.7 Å². The van der Waals surface area contributed by atoms with Crippen LogP contribution in [0, 0.1) is 0 Å². The zero-order valence-electron chi connectivity index (χ0n) is 17.4. The van der Waals surface area contributed by atoms with Crippen LogP contribution in [0.25, 0.3) is 0 Å². The second-order valence-corrected chi connectivity index (χ2v) is 7.44. The van der Waals surface area contributed by atoms with Crippen LogP contribution in [0.3, 0.4) is 0 Å². The van der Waals surface area contributed by atoms with E-state index in [1.165, 1.54) is 0 Å². The van der Waals surface area contributed by atoms with E-state index >= 15 is 0 Å².